The van der Waals surface area contributed by atoms with E-state index in [4.69, 9.17) is 5.90 Å². The zero-order valence-electron chi connectivity index (χ0n) is 8.14. The van der Waals surface area contributed by atoms with Crippen molar-refractivity contribution in [3.8, 4) is 0 Å². The van der Waals surface area contributed by atoms with Gasteiger partial charge in [0.1, 0.15) is 6.61 Å². The standard InChI is InChI=1S/C10H9F3N2O/c11-10(12,13)8-2-1-3-9-7(8)4-6(15-9)5-16-14/h1-4,15H,5,14H2. The smallest absolute Gasteiger partial charge is 0.356 e. The van der Waals surface area contributed by atoms with E-state index in [1.165, 1.54) is 12.1 Å². The van der Waals surface area contributed by atoms with Gasteiger partial charge >= 0.3 is 6.18 Å². The molecule has 16 heavy (non-hydrogen) atoms. The van der Waals surface area contributed by atoms with Crippen molar-refractivity contribution in [2.24, 2.45) is 5.90 Å². The normalized spacial score (nSPS) is 12.2. The van der Waals surface area contributed by atoms with Gasteiger partial charge in [0.25, 0.3) is 0 Å². The van der Waals surface area contributed by atoms with Gasteiger partial charge < -0.3 is 4.98 Å². The van der Waals surface area contributed by atoms with E-state index in [-0.39, 0.29) is 12.0 Å². The maximum Gasteiger partial charge on any atom is 0.417 e. The van der Waals surface area contributed by atoms with E-state index in [1.54, 1.807) is 6.07 Å². The Labute approximate surface area is 89.0 Å². The fraction of sp³-hybridized carbons (Fsp3) is 0.200. The number of alkyl halides is 3. The fourth-order valence-corrected chi connectivity index (χ4v) is 1.63. The minimum Gasteiger partial charge on any atom is -0.356 e. The van der Waals surface area contributed by atoms with Gasteiger partial charge in [-0.05, 0) is 18.2 Å². The molecule has 2 rings (SSSR count). The second kappa shape index (κ2) is 3.80. The highest BCUT2D eigenvalue weighted by atomic mass is 19.4. The molecule has 0 spiro atoms. The van der Waals surface area contributed by atoms with Crippen molar-refractivity contribution in [1.29, 1.82) is 0 Å². The van der Waals surface area contributed by atoms with Gasteiger partial charge in [-0.1, -0.05) is 6.07 Å². The van der Waals surface area contributed by atoms with Crippen molar-refractivity contribution in [3.63, 3.8) is 0 Å². The predicted octanol–water partition coefficient (Wildman–Crippen LogP) is 2.58. The van der Waals surface area contributed by atoms with Crippen LogP contribution < -0.4 is 5.90 Å². The minimum absolute atomic E-state index is 0.0476. The number of aromatic amines is 1. The Morgan fingerprint density at radius 2 is 2.06 bits per heavy atom. The summed E-state index contributed by atoms with van der Waals surface area (Å²) in [5.41, 5.74) is 0.264. The van der Waals surface area contributed by atoms with Crippen molar-refractivity contribution >= 4 is 10.9 Å². The highest BCUT2D eigenvalue weighted by Gasteiger charge is 2.32. The molecule has 0 fully saturated rings. The van der Waals surface area contributed by atoms with Gasteiger partial charge in [0.15, 0.2) is 0 Å². The van der Waals surface area contributed by atoms with E-state index in [0.29, 0.717) is 11.2 Å². The molecule has 86 valence electrons. The van der Waals surface area contributed by atoms with E-state index < -0.39 is 11.7 Å². The lowest BCUT2D eigenvalue weighted by Crippen LogP contribution is -2.04. The molecule has 2 aromatic rings. The summed E-state index contributed by atoms with van der Waals surface area (Å²) < 4.78 is 37.9. The summed E-state index contributed by atoms with van der Waals surface area (Å²) in [4.78, 5) is 7.17. The quantitative estimate of drug-likeness (QED) is 0.779. The first kappa shape index (κ1) is 11.0. The van der Waals surface area contributed by atoms with Crippen LogP contribution in [0.2, 0.25) is 0 Å². The molecule has 0 atom stereocenters. The molecular weight excluding hydrogens is 221 g/mol. The van der Waals surface area contributed by atoms with E-state index in [2.05, 4.69) is 9.82 Å². The fourth-order valence-electron chi connectivity index (χ4n) is 1.63. The molecule has 3 nitrogen and oxygen atoms in total. The molecule has 1 aromatic heterocycles. The number of H-pyrrole nitrogens is 1. The maximum absolute atomic E-state index is 12.6. The molecule has 0 aliphatic rings. The van der Waals surface area contributed by atoms with Gasteiger partial charge in [0, 0.05) is 16.6 Å². The summed E-state index contributed by atoms with van der Waals surface area (Å²) in [6.45, 7) is 0.0476. The van der Waals surface area contributed by atoms with Gasteiger partial charge in [-0.3, -0.25) is 4.84 Å². The second-order valence-corrected chi connectivity index (χ2v) is 3.37. The van der Waals surface area contributed by atoms with E-state index in [1.807, 2.05) is 0 Å². The summed E-state index contributed by atoms with van der Waals surface area (Å²) in [6, 6.07) is 5.37. The van der Waals surface area contributed by atoms with Gasteiger partial charge in [-0.2, -0.15) is 13.2 Å². The van der Waals surface area contributed by atoms with Crippen LogP contribution in [0.1, 0.15) is 11.3 Å². The van der Waals surface area contributed by atoms with Crippen molar-refractivity contribution in [1.82, 2.24) is 4.98 Å². The molecule has 0 aliphatic carbocycles. The van der Waals surface area contributed by atoms with Crippen LogP contribution in [-0.2, 0) is 17.6 Å². The zero-order chi connectivity index (χ0) is 11.8. The number of aromatic nitrogens is 1. The molecule has 0 aliphatic heterocycles. The summed E-state index contributed by atoms with van der Waals surface area (Å²) in [5.74, 6) is 4.86. The number of halogens is 3. The summed E-state index contributed by atoms with van der Waals surface area (Å²) in [6.07, 6.45) is -4.36. The van der Waals surface area contributed by atoms with Crippen LogP contribution in [0.5, 0.6) is 0 Å². The lowest BCUT2D eigenvalue weighted by Gasteiger charge is -2.06. The summed E-state index contributed by atoms with van der Waals surface area (Å²) >= 11 is 0. The number of hydrogen-bond donors (Lipinski definition) is 2. The number of benzene rings is 1. The number of rotatable bonds is 2. The van der Waals surface area contributed by atoms with Crippen LogP contribution >= 0.6 is 0 Å². The topological polar surface area (TPSA) is 51.0 Å². The Morgan fingerprint density at radius 1 is 1.31 bits per heavy atom. The predicted molar refractivity (Wildman–Crippen MR) is 52.3 cm³/mol. The summed E-state index contributed by atoms with van der Waals surface area (Å²) in [7, 11) is 0. The molecule has 0 unspecified atom stereocenters. The molecule has 6 heteroatoms. The largest absolute Gasteiger partial charge is 0.417 e. The van der Waals surface area contributed by atoms with Gasteiger partial charge in [0.05, 0.1) is 5.56 Å². The third-order valence-corrected chi connectivity index (χ3v) is 2.26. The van der Waals surface area contributed by atoms with Crippen LogP contribution in [0.15, 0.2) is 24.3 Å². The van der Waals surface area contributed by atoms with E-state index >= 15 is 0 Å². The minimum atomic E-state index is -4.36. The van der Waals surface area contributed by atoms with Gasteiger partial charge in [-0.25, -0.2) is 5.90 Å². The molecule has 0 saturated heterocycles. The Kier molecular flexibility index (Phi) is 2.61. The maximum atomic E-state index is 12.6. The van der Waals surface area contributed by atoms with E-state index in [9.17, 15) is 13.2 Å². The third kappa shape index (κ3) is 1.89. The van der Waals surface area contributed by atoms with E-state index in [0.717, 1.165) is 6.07 Å². The number of nitrogens with one attached hydrogen (secondary N) is 1. The Morgan fingerprint density at radius 3 is 2.69 bits per heavy atom. The van der Waals surface area contributed by atoms with Crippen molar-refractivity contribution < 1.29 is 18.0 Å². The SMILES string of the molecule is NOCc1cc2c(C(F)(F)F)cccc2[nH]1. The third-order valence-electron chi connectivity index (χ3n) is 2.26. The second-order valence-electron chi connectivity index (χ2n) is 3.37. The highest BCUT2D eigenvalue weighted by molar-refractivity contribution is 5.84. The average Bonchev–Trinajstić information content (AvgIpc) is 2.58. The highest BCUT2D eigenvalue weighted by Crippen LogP contribution is 2.34. The van der Waals surface area contributed by atoms with Crippen LogP contribution in [0.25, 0.3) is 10.9 Å². The molecule has 0 bridgehead atoms. The first-order valence-electron chi connectivity index (χ1n) is 4.52. The lowest BCUT2D eigenvalue weighted by molar-refractivity contribution is -0.136. The first-order valence-corrected chi connectivity index (χ1v) is 4.52. The van der Waals surface area contributed by atoms with Crippen LogP contribution in [0.3, 0.4) is 0 Å². The average molecular weight is 230 g/mol. The molecule has 1 aromatic carbocycles. The molecule has 0 amide bonds. The Balaban J connectivity index is 2.59. The number of hydrogen-bond acceptors (Lipinski definition) is 2. The molecule has 3 N–H and O–H groups in total. The van der Waals surface area contributed by atoms with Crippen LogP contribution in [0.4, 0.5) is 13.2 Å². The number of fused-ring (bicyclic) bond motifs is 1. The van der Waals surface area contributed by atoms with Crippen LogP contribution in [0, 0.1) is 0 Å². The first-order chi connectivity index (χ1) is 7.52. The van der Waals surface area contributed by atoms with Crippen molar-refractivity contribution in [2.45, 2.75) is 12.8 Å². The monoisotopic (exact) mass is 230 g/mol. The zero-order valence-corrected chi connectivity index (χ0v) is 8.14. The van der Waals surface area contributed by atoms with Crippen molar-refractivity contribution in [3.05, 3.63) is 35.5 Å². The Bertz CT molecular complexity index is 504. The van der Waals surface area contributed by atoms with Crippen molar-refractivity contribution in [2.75, 3.05) is 0 Å². The Hall–Kier alpha value is -1.53. The molecule has 0 saturated carbocycles. The molecule has 0 radical (unpaired) electrons. The number of nitrogens with two attached hydrogens (primary N) is 1. The lowest BCUT2D eigenvalue weighted by atomic mass is 10.1. The molecule has 1 heterocycles. The summed E-state index contributed by atoms with van der Waals surface area (Å²) in [5, 5.41) is 0.127. The molecular formula is C10H9F3N2O. The van der Waals surface area contributed by atoms with Crippen LogP contribution in [-0.4, -0.2) is 4.98 Å². The van der Waals surface area contributed by atoms with Gasteiger partial charge in [0.2, 0.25) is 0 Å². The van der Waals surface area contributed by atoms with Gasteiger partial charge in [-0.15, -0.1) is 0 Å².